The van der Waals surface area contributed by atoms with Crippen LogP contribution in [-0.4, -0.2) is 67.2 Å². The van der Waals surface area contributed by atoms with Crippen LogP contribution in [0.5, 0.6) is 17.2 Å². The summed E-state index contributed by atoms with van der Waals surface area (Å²) >= 11 is 0. The Morgan fingerprint density at radius 1 is 1.00 bits per heavy atom. The lowest BCUT2D eigenvalue weighted by molar-refractivity contribution is -0.136. The lowest BCUT2D eigenvalue weighted by Gasteiger charge is -2.37. The molecule has 0 spiro atoms. The molecule has 8 heteroatoms. The summed E-state index contributed by atoms with van der Waals surface area (Å²) in [7, 11) is 0. The first kappa shape index (κ1) is 23.9. The van der Waals surface area contributed by atoms with Crippen LogP contribution in [0.1, 0.15) is 36.7 Å². The van der Waals surface area contributed by atoms with Gasteiger partial charge >= 0.3 is 0 Å². The van der Waals surface area contributed by atoms with Crippen LogP contribution < -0.4 is 19.5 Å². The Labute approximate surface area is 200 Å². The van der Waals surface area contributed by atoms with Crippen molar-refractivity contribution in [1.82, 2.24) is 15.1 Å². The van der Waals surface area contributed by atoms with Crippen molar-refractivity contribution in [2.24, 2.45) is 5.92 Å². The van der Waals surface area contributed by atoms with Gasteiger partial charge in [-0.1, -0.05) is 19.9 Å². The fourth-order valence-corrected chi connectivity index (χ4v) is 4.23. The molecule has 0 unspecified atom stereocenters. The van der Waals surface area contributed by atoms with Crippen LogP contribution in [-0.2, 0) is 11.3 Å². The topological polar surface area (TPSA) is 80.3 Å². The van der Waals surface area contributed by atoms with Crippen molar-refractivity contribution in [3.05, 3.63) is 53.6 Å². The fraction of sp³-hybridized carbons (Fsp3) is 0.462. The Bertz CT molecular complexity index is 1000. The van der Waals surface area contributed by atoms with Crippen molar-refractivity contribution < 1.29 is 23.8 Å². The molecule has 8 nitrogen and oxygen atoms in total. The molecule has 1 saturated heterocycles. The number of benzene rings is 2. The molecule has 1 fully saturated rings. The third-order valence-electron chi connectivity index (χ3n) is 6.17. The van der Waals surface area contributed by atoms with E-state index in [1.807, 2.05) is 37.8 Å². The number of nitrogens with zero attached hydrogens (tertiary/aromatic N) is 2. The molecule has 2 aromatic carbocycles. The summed E-state index contributed by atoms with van der Waals surface area (Å²) in [6.45, 7) is 10.3. The second-order valence-electron chi connectivity index (χ2n) is 8.94. The summed E-state index contributed by atoms with van der Waals surface area (Å²) in [6.07, 6.45) is 0. The Kier molecular flexibility index (Phi) is 7.57. The minimum absolute atomic E-state index is 0.0224. The van der Waals surface area contributed by atoms with E-state index in [1.165, 1.54) is 0 Å². The van der Waals surface area contributed by atoms with Crippen molar-refractivity contribution >= 4 is 11.8 Å². The zero-order chi connectivity index (χ0) is 24.1. The average Bonchev–Trinajstić information content (AvgIpc) is 3.31. The van der Waals surface area contributed by atoms with Crippen LogP contribution in [0.2, 0.25) is 0 Å². The summed E-state index contributed by atoms with van der Waals surface area (Å²) in [5.74, 6) is 1.98. The third kappa shape index (κ3) is 5.62. The Morgan fingerprint density at radius 2 is 1.71 bits per heavy atom. The summed E-state index contributed by atoms with van der Waals surface area (Å²) in [4.78, 5) is 30.3. The molecule has 34 heavy (non-hydrogen) atoms. The van der Waals surface area contributed by atoms with E-state index in [0.29, 0.717) is 31.0 Å². The van der Waals surface area contributed by atoms with Crippen LogP contribution in [0.25, 0.3) is 0 Å². The van der Waals surface area contributed by atoms with Crippen molar-refractivity contribution in [3.63, 3.8) is 0 Å². The number of amides is 2. The molecule has 0 radical (unpaired) electrons. The van der Waals surface area contributed by atoms with Gasteiger partial charge in [-0.25, -0.2) is 0 Å². The van der Waals surface area contributed by atoms with Crippen molar-refractivity contribution in [1.29, 1.82) is 0 Å². The minimum Gasteiger partial charge on any atom is -0.494 e. The summed E-state index contributed by atoms with van der Waals surface area (Å²) < 4.78 is 16.3. The second-order valence-corrected chi connectivity index (χ2v) is 8.94. The molecule has 0 saturated carbocycles. The Morgan fingerprint density at radius 3 is 2.38 bits per heavy atom. The molecule has 182 valence electrons. The van der Waals surface area contributed by atoms with Gasteiger partial charge in [-0.2, -0.15) is 0 Å². The predicted molar refractivity (Wildman–Crippen MR) is 128 cm³/mol. The summed E-state index contributed by atoms with van der Waals surface area (Å²) in [5.41, 5.74) is 1.67. The SMILES string of the molecule is CCOc1ccc(C(=O)N[C@H](C(=O)N2CCN(Cc3ccc4c(c3)OCO4)CC2)C(C)C)cc1. The largest absolute Gasteiger partial charge is 0.494 e. The maximum absolute atomic E-state index is 13.3. The van der Waals surface area contributed by atoms with E-state index in [9.17, 15) is 9.59 Å². The normalized spacial score (nSPS) is 16.4. The first-order chi connectivity index (χ1) is 16.4. The first-order valence-electron chi connectivity index (χ1n) is 11.9. The highest BCUT2D eigenvalue weighted by Crippen LogP contribution is 2.32. The van der Waals surface area contributed by atoms with Gasteiger partial charge in [-0.05, 0) is 54.8 Å². The van der Waals surface area contributed by atoms with Crippen LogP contribution in [0.3, 0.4) is 0 Å². The number of rotatable bonds is 8. The van der Waals surface area contributed by atoms with Gasteiger partial charge in [0.1, 0.15) is 11.8 Å². The predicted octanol–water partition coefficient (Wildman–Crippen LogP) is 2.91. The number of carbonyl (C=O) groups excluding carboxylic acids is 2. The third-order valence-corrected chi connectivity index (χ3v) is 6.17. The molecule has 0 bridgehead atoms. The van der Waals surface area contributed by atoms with Gasteiger partial charge in [0, 0.05) is 38.3 Å². The Hall–Kier alpha value is -3.26. The van der Waals surface area contributed by atoms with Crippen molar-refractivity contribution in [3.8, 4) is 17.2 Å². The zero-order valence-electron chi connectivity index (χ0n) is 20.1. The maximum Gasteiger partial charge on any atom is 0.251 e. The van der Waals surface area contributed by atoms with Gasteiger partial charge in [0.05, 0.1) is 6.61 Å². The number of ether oxygens (including phenoxy) is 3. The van der Waals surface area contributed by atoms with Crippen LogP contribution in [0.4, 0.5) is 0 Å². The number of nitrogens with one attached hydrogen (secondary N) is 1. The molecule has 2 aliphatic rings. The van der Waals surface area contributed by atoms with Crippen LogP contribution in [0, 0.1) is 5.92 Å². The standard InChI is InChI=1S/C26H33N3O5/c1-4-32-21-8-6-20(7-9-21)25(30)27-24(18(2)3)26(31)29-13-11-28(12-14-29)16-19-5-10-22-23(15-19)34-17-33-22/h5-10,15,18,24H,4,11-14,16-17H2,1-3H3,(H,27,30)/t24-/m0/s1. The van der Waals surface area contributed by atoms with E-state index < -0.39 is 6.04 Å². The molecule has 0 aliphatic carbocycles. The number of carbonyl (C=O) groups is 2. The van der Waals surface area contributed by atoms with Gasteiger partial charge in [-0.3, -0.25) is 14.5 Å². The van der Waals surface area contributed by atoms with E-state index in [0.717, 1.165) is 36.7 Å². The molecular formula is C26H33N3O5. The molecule has 0 aromatic heterocycles. The van der Waals surface area contributed by atoms with Crippen LogP contribution >= 0.6 is 0 Å². The highest BCUT2D eigenvalue weighted by Gasteiger charge is 2.31. The van der Waals surface area contributed by atoms with Gasteiger partial charge in [0.2, 0.25) is 12.7 Å². The number of hydrogen-bond donors (Lipinski definition) is 1. The van der Waals surface area contributed by atoms with Crippen LogP contribution in [0.15, 0.2) is 42.5 Å². The van der Waals surface area contributed by atoms with E-state index in [-0.39, 0.29) is 24.5 Å². The maximum atomic E-state index is 13.3. The van der Waals surface area contributed by atoms with E-state index in [1.54, 1.807) is 24.3 Å². The Balaban J connectivity index is 1.31. The van der Waals surface area contributed by atoms with Gasteiger partial charge in [0.15, 0.2) is 11.5 Å². The molecule has 2 amide bonds. The lowest BCUT2D eigenvalue weighted by Crippen LogP contribution is -2.56. The molecule has 2 aliphatic heterocycles. The molecule has 1 atom stereocenters. The van der Waals surface area contributed by atoms with E-state index >= 15 is 0 Å². The van der Waals surface area contributed by atoms with E-state index in [2.05, 4.69) is 16.3 Å². The zero-order valence-corrected chi connectivity index (χ0v) is 20.1. The monoisotopic (exact) mass is 467 g/mol. The fourth-order valence-electron chi connectivity index (χ4n) is 4.23. The number of hydrogen-bond acceptors (Lipinski definition) is 6. The van der Waals surface area contributed by atoms with Crippen molar-refractivity contribution in [2.75, 3.05) is 39.6 Å². The lowest BCUT2D eigenvalue weighted by atomic mass is 10.0. The molecule has 2 heterocycles. The quantitative estimate of drug-likeness (QED) is 0.643. The van der Waals surface area contributed by atoms with Crippen molar-refractivity contribution in [2.45, 2.75) is 33.4 Å². The second kappa shape index (κ2) is 10.8. The highest BCUT2D eigenvalue weighted by molar-refractivity contribution is 5.97. The summed E-state index contributed by atoms with van der Waals surface area (Å²) in [5, 5.41) is 2.95. The summed E-state index contributed by atoms with van der Waals surface area (Å²) in [6, 6.07) is 12.4. The number of fused-ring (bicyclic) bond motifs is 1. The molecule has 1 N–H and O–H groups in total. The molecule has 4 rings (SSSR count). The van der Waals surface area contributed by atoms with Gasteiger partial charge < -0.3 is 24.4 Å². The average molecular weight is 468 g/mol. The van der Waals surface area contributed by atoms with Gasteiger partial charge in [0.25, 0.3) is 5.91 Å². The smallest absolute Gasteiger partial charge is 0.251 e. The first-order valence-corrected chi connectivity index (χ1v) is 11.9. The van der Waals surface area contributed by atoms with Gasteiger partial charge in [-0.15, -0.1) is 0 Å². The highest BCUT2D eigenvalue weighted by atomic mass is 16.7. The molecule has 2 aromatic rings. The van der Waals surface area contributed by atoms with E-state index in [4.69, 9.17) is 14.2 Å². The number of piperazine rings is 1. The minimum atomic E-state index is -0.570. The molecular weight excluding hydrogens is 434 g/mol.